The van der Waals surface area contributed by atoms with Crippen molar-refractivity contribution >= 4 is 23.6 Å². The van der Waals surface area contributed by atoms with Crippen LogP contribution in [0.4, 0.5) is 0 Å². The Morgan fingerprint density at radius 1 is 1.00 bits per heavy atom. The molecule has 0 atom stereocenters. The van der Waals surface area contributed by atoms with Crippen molar-refractivity contribution in [2.45, 2.75) is 50.5 Å². The molecule has 0 unspecified atom stereocenters. The molecule has 0 aromatic rings. The van der Waals surface area contributed by atoms with Crippen LogP contribution in [-0.4, -0.2) is 16.0 Å². The first-order chi connectivity index (χ1) is 6.21. The number of nitrogens with zero attached hydrogens (tertiary/aromatic N) is 1. The molecule has 0 aliphatic heterocycles. The summed E-state index contributed by atoms with van der Waals surface area (Å²) in [5.41, 5.74) is 5.59. The quantitative estimate of drug-likeness (QED) is 0.697. The Balaban J connectivity index is 0.00000169. The topological polar surface area (TPSA) is 29.3 Å². The van der Waals surface area contributed by atoms with Gasteiger partial charge in [-0.3, -0.25) is 0 Å². The van der Waals surface area contributed by atoms with Gasteiger partial charge in [0.15, 0.2) is 0 Å². The Morgan fingerprint density at radius 2 is 1.43 bits per heavy atom. The van der Waals surface area contributed by atoms with Crippen LogP contribution < -0.4 is 5.73 Å². The van der Waals surface area contributed by atoms with Crippen LogP contribution >= 0.6 is 23.6 Å². The molecule has 0 amide bonds. The van der Waals surface area contributed by atoms with Gasteiger partial charge in [-0.2, -0.15) is 0 Å². The van der Waals surface area contributed by atoms with Crippen LogP contribution in [0.3, 0.4) is 0 Å². The molecule has 0 aromatic heterocycles. The molecule has 14 heavy (non-hydrogen) atoms. The molecular weight excluding hydrogens is 402 g/mol. The van der Waals surface area contributed by atoms with Crippen LogP contribution in [0.5, 0.6) is 0 Å². The Labute approximate surface area is 111 Å². The fraction of sp³-hybridized carbons (Fsp3) is 1.00. The number of halogens is 2. The maximum absolute atomic E-state index is 5.86. The van der Waals surface area contributed by atoms with E-state index in [0.29, 0.717) is 6.54 Å². The van der Waals surface area contributed by atoms with E-state index in [1.807, 2.05) is 0 Å². The molecule has 88 valence electrons. The Hall–Kier alpha value is 1.19. The normalized spacial score (nSPS) is 22.3. The standard InChI is InChI=1S/C9H18Cl2N2.Pt/c10-13(11)9(8-12)6-4-2-1-3-5-7-9;/h1-8,12H2;. The summed E-state index contributed by atoms with van der Waals surface area (Å²) < 4.78 is 1.29. The second-order valence-electron chi connectivity index (χ2n) is 3.93. The van der Waals surface area contributed by atoms with Gasteiger partial charge in [0.05, 0.1) is 5.54 Å². The van der Waals surface area contributed by atoms with Crippen molar-refractivity contribution in [1.29, 1.82) is 0 Å². The molecular formula is C9H18Cl2N2Pt. The van der Waals surface area contributed by atoms with Crippen molar-refractivity contribution in [3.05, 3.63) is 0 Å². The van der Waals surface area contributed by atoms with Gasteiger partial charge in [0.1, 0.15) is 0 Å². The fourth-order valence-corrected chi connectivity index (χ4v) is 2.48. The van der Waals surface area contributed by atoms with E-state index < -0.39 is 0 Å². The van der Waals surface area contributed by atoms with E-state index in [1.54, 1.807) is 0 Å². The first kappa shape index (κ1) is 15.2. The molecule has 0 bridgehead atoms. The summed E-state index contributed by atoms with van der Waals surface area (Å²) in [7, 11) is 0. The molecule has 1 aliphatic rings. The summed E-state index contributed by atoms with van der Waals surface area (Å²) in [5.74, 6) is 0. The molecule has 1 aliphatic carbocycles. The second kappa shape index (κ2) is 7.46. The van der Waals surface area contributed by atoms with Crippen molar-refractivity contribution in [2.75, 3.05) is 6.54 Å². The SMILES string of the molecule is NCC1(N(Cl)Cl)CCCCCCC1.[Pt]. The number of rotatable bonds is 2. The third-order valence-electron chi connectivity index (χ3n) is 3.02. The molecule has 1 fully saturated rings. The van der Waals surface area contributed by atoms with Crippen LogP contribution in [0.2, 0.25) is 0 Å². The zero-order valence-corrected chi connectivity index (χ0v) is 12.0. The maximum Gasteiger partial charge on any atom is 0.0648 e. The zero-order chi connectivity index (χ0) is 9.73. The molecule has 0 heterocycles. The third kappa shape index (κ3) is 3.98. The Bertz CT molecular complexity index is 148. The molecule has 2 nitrogen and oxygen atoms in total. The van der Waals surface area contributed by atoms with Gasteiger partial charge in [-0.25, -0.2) is 0 Å². The van der Waals surface area contributed by atoms with E-state index in [-0.39, 0.29) is 26.6 Å². The van der Waals surface area contributed by atoms with Gasteiger partial charge < -0.3 is 5.73 Å². The average molecular weight is 420 g/mol. The average Bonchev–Trinajstić information content (AvgIpc) is 2.04. The van der Waals surface area contributed by atoms with Crippen LogP contribution in [0.15, 0.2) is 0 Å². The zero-order valence-electron chi connectivity index (χ0n) is 8.25. The van der Waals surface area contributed by atoms with Crippen molar-refractivity contribution in [2.24, 2.45) is 5.73 Å². The van der Waals surface area contributed by atoms with Crippen LogP contribution in [0.25, 0.3) is 0 Å². The van der Waals surface area contributed by atoms with E-state index in [2.05, 4.69) is 0 Å². The predicted molar refractivity (Wildman–Crippen MR) is 57.6 cm³/mol. The molecule has 1 saturated carbocycles. The molecule has 2 N–H and O–H groups in total. The van der Waals surface area contributed by atoms with E-state index >= 15 is 0 Å². The molecule has 0 spiro atoms. The first-order valence-electron chi connectivity index (χ1n) is 5.03. The maximum atomic E-state index is 5.86. The minimum atomic E-state index is -0.163. The third-order valence-corrected chi connectivity index (χ3v) is 3.74. The van der Waals surface area contributed by atoms with Gasteiger partial charge in [0.25, 0.3) is 0 Å². The van der Waals surface area contributed by atoms with Gasteiger partial charge in [-0.1, -0.05) is 32.1 Å². The van der Waals surface area contributed by atoms with Crippen molar-refractivity contribution in [3.8, 4) is 0 Å². The van der Waals surface area contributed by atoms with E-state index in [0.717, 1.165) is 12.8 Å². The summed E-state index contributed by atoms with van der Waals surface area (Å²) in [6, 6.07) is 0. The summed E-state index contributed by atoms with van der Waals surface area (Å²) in [4.78, 5) is 0. The summed E-state index contributed by atoms with van der Waals surface area (Å²) in [6.45, 7) is 0.556. The van der Waals surface area contributed by atoms with E-state index in [1.165, 1.54) is 36.0 Å². The molecule has 0 aromatic carbocycles. The monoisotopic (exact) mass is 419 g/mol. The number of hydrogen-bond acceptors (Lipinski definition) is 2. The fourth-order valence-electron chi connectivity index (χ4n) is 2.01. The smallest absolute Gasteiger partial charge is 0.0648 e. The first-order valence-corrected chi connectivity index (χ1v) is 5.71. The Morgan fingerprint density at radius 3 is 1.79 bits per heavy atom. The number of nitrogens with two attached hydrogens (primary N) is 1. The minimum absolute atomic E-state index is 0. The summed E-state index contributed by atoms with van der Waals surface area (Å²) >= 11 is 11.7. The van der Waals surface area contributed by atoms with E-state index in [4.69, 9.17) is 29.3 Å². The summed E-state index contributed by atoms with van der Waals surface area (Å²) in [6.07, 6.45) is 8.32. The van der Waals surface area contributed by atoms with Gasteiger partial charge >= 0.3 is 0 Å². The van der Waals surface area contributed by atoms with Gasteiger partial charge in [0, 0.05) is 27.6 Å². The van der Waals surface area contributed by atoms with Crippen LogP contribution in [0.1, 0.15) is 44.9 Å². The Kier molecular flexibility index (Phi) is 8.09. The predicted octanol–water partition coefficient (Wildman–Crippen LogP) is 3.04. The van der Waals surface area contributed by atoms with Crippen LogP contribution in [-0.2, 0) is 21.1 Å². The van der Waals surface area contributed by atoms with Crippen molar-refractivity contribution < 1.29 is 21.1 Å². The minimum Gasteiger partial charge on any atom is -0.329 e. The molecule has 1 rings (SSSR count). The molecule has 0 saturated heterocycles. The summed E-state index contributed by atoms with van der Waals surface area (Å²) in [5, 5.41) is 0. The largest absolute Gasteiger partial charge is 0.329 e. The van der Waals surface area contributed by atoms with Crippen molar-refractivity contribution in [1.82, 2.24) is 3.94 Å². The van der Waals surface area contributed by atoms with Crippen molar-refractivity contribution in [3.63, 3.8) is 0 Å². The van der Waals surface area contributed by atoms with E-state index in [9.17, 15) is 0 Å². The van der Waals surface area contributed by atoms with Gasteiger partial charge in [-0.15, -0.1) is 3.94 Å². The van der Waals surface area contributed by atoms with Gasteiger partial charge in [-0.05, 0) is 36.4 Å². The second-order valence-corrected chi connectivity index (χ2v) is 4.78. The number of hydrogen-bond donors (Lipinski definition) is 1. The molecule has 0 radical (unpaired) electrons. The molecule has 5 heteroatoms. The van der Waals surface area contributed by atoms with Gasteiger partial charge in [0.2, 0.25) is 0 Å². The van der Waals surface area contributed by atoms with Crippen LogP contribution in [0, 0.1) is 0 Å².